The summed E-state index contributed by atoms with van der Waals surface area (Å²) >= 11 is -2.13. The molecule has 1 unspecified atom stereocenters. The van der Waals surface area contributed by atoms with Gasteiger partial charge in [-0.25, -0.2) is 4.72 Å². The smallest absolute Gasteiger partial charge is 0.0278 e. The summed E-state index contributed by atoms with van der Waals surface area (Å²) < 4.78 is 22.0. The van der Waals surface area contributed by atoms with Gasteiger partial charge in [-0.2, -0.15) is 0 Å². The minimum Gasteiger partial charge on any atom is -0.760 e. The van der Waals surface area contributed by atoms with Crippen LogP contribution in [0.15, 0.2) is 11.6 Å². The highest BCUT2D eigenvalue weighted by molar-refractivity contribution is 7.77. The van der Waals surface area contributed by atoms with E-state index in [1.165, 1.54) is 0 Å². The maximum absolute atomic E-state index is 9.88. The van der Waals surface area contributed by atoms with Gasteiger partial charge in [-0.15, -0.1) is 0 Å². The number of hydrogen-bond acceptors (Lipinski definition) is 2. The highest BCUT2D eigenvalue weighted by Gasteiger charge is 1.84. The molecule has 0 aromatic carbocycles. The zero-order valence-corrected chi connectivity index (χ0v) is 6.33. The molecule has 3 nitrogen and oxygen atoms in total. The Kier molecular flexibility index (Phi) is 4.57. The predicted molar refractivity (Wildman–Crippen MR) is 36.4 cm³/mol. The van der Waals surface area contributed by atoms with E-state index in [1.807, 2.05) is 19.9 Å². The van der Waals surface area contributed by atoms with E-state index in [9.17, 15) is 8.76 Å². The Bertz CT molecular complexity index is 133. The first-order valence-electron chi connectivity index (χ1n) is 2.61. The van der Waals surface area contributed by atoms with Crippen molar-refractivity contribution in [2.24, 2.45) is 0 Å². The molecule has 0 aliphatic rings. The van der Waals surface area contributed by atoms with Crippen molar-refractivity contribution in [2.45, 2.75) is 13.8 Å². The van der Waals surface area contributed by atoms with Crippen LogP contribution in [0.4, 0.5) is 0 Å². The molecule has 0 rings (SSSR count). The average Bonchev–Trinajstić information content (AvgIpc) is 1.83. The summed E-state index contributed by atoms with van der Waals surface area (Å²) in [6, 6.07) is 0. The molecule has 0 heterocycles. The summed E-state index contributed by atoms with van der Waals surface area (Å²) in [7, 11) is 0. The molecule has 0 aromatic rings. The van der Waals surface area contributed by atoms with Gasteiger partial charge in [-0.1, -0.05) is 11.6 Å². The zero-order valence-electron chi connectivity index (χ0n) is 5.51. The van der Waals surface area contributed by atoms with E-state index < -0.39 is 11.3 Å². The minimum atomic E-state index is -2.13. The van der Waals surface area contributed by atoms with E-state index in [4.69, 9.17) is 0 Å². The summed E-state index contributed by atoms with van der Waals surface area (Å²) in [6.45, 7) is 4.14. The predicted octanol–water partition coefficient (Wildman–Crippen LogP) is 0.336. The van der Waals surface area contributed by atoms with Crippen molar-refractivity contribution in [3.8, 4) is 0 Å². The molecule has 1 N–H and O–H groups in total. The van der Waals surface area contributed by atoms with Crippen LogP contribution in [0.1, 0.15) is 13.8 Å². The van der Waals surface area contributed by atoms with Gasteiger partial charge in [0.25, 0.3) is 0 Å². The van der Waals surface area contributed by atoms with Crippen LogP contribution in [0.3, 0.4) is 0 Å². The van der Waals surface area contributed by atoms with Gasteiger partial charge in [0, 0.05) is 17.8 Å². The molecule has 4 heteroatoms. The summed E-state index contributed by atoms with van der Waals surface area (Å²) in [5.74, 6) is 0. The lowest BCUT2D eigenvalue weighted by molar-refractivity contribution is 0.525. The van der Waals surface area contributed by atoms with Crippen molar-refractivity contribution >= 4 is 11.3 Å². The molecule has 1 atom stereocenters. The largest absolute Gasteiger partial charge is 0.760 e. The molecule has 0 bridgehead atoms. The molecule has 0 spiro atoms. The molecule has 0 radical (unpaired) electrons. The Morgan fingerprint density at radius 1 is 1.89 bits per heavy atom. The van der Waals surface area contributed by atoms with Crippen molar-refractivity contribution in [3.05, 3.63) is 11.6 Å². The monoisotopic (exact) mass is 148 g/mol. The number of rotatable bonds is 3. The highest BCUT2D eigenvalue weighted by atomic mass is 32.2. The van der Waals surface area contributed by atoms with Crippen LogP contribution < -0.4 is 4.72 Å². The topological polar surface area (TPSA) is 52.2 Å². The van der Waals surface area contributed by atoms with Crippen LogP contribution in [0.5, 0.6) is 0 Å². The van der Waals surface area contributed by atoms with Crippen molar-refractivity contribution in [3.63, 3.8) is 0 Å². The Morgan fingerprint density at radius 2 is 2.44 bits per heavy atom. The van der Waals surface area contributed by atoms with Gasteiger partial charge < -0.3 is 4.55 Å². The maximum Gasteiger partial charge on any atom is 0.0278 e. The molecule has 9 heavy (non-hydrogen) atoms. The van der Waals surface area contributed by atoms with Gasteiger partial charge in [-0.3, -0.25) is 4.21 Å². The Balaban J connectivity index is 3.39. The maximum atomic E-state index is 9.88. The summed E-state index contributed by atoms with van der Waals surface area (Å²) in [6.07, 6.45) is 1.86. The van der Waals surface area contributed by atoms with Crippen LogP contribution in [-0.4, -0.2) is 15.3 Å². The normalized spacial score (nSPS) is 15.7. The molecule has 0 fully saturated rings. The molecule has 0 saturated heterocycles. The van der Waals surface area contributed by atoms with Crippen molar-refractivity contribution in [1.82, 2.24) is 4.72 Å². The fourth-order valence-electron chi connectivity index (χ4n) is 0.275. The van der Waals surface area contributed by atoms with Gasteiger partial charge in [0.15, 0.2) is 0 Å². The fourth-order valence-corrected chi connectivity index (χ4v) is 0.620. The van der Waals surface area contributed by atoms with Crippen molar-refractivity contribution in [2.75, 3.05) is 6.54 Å². The third-order valence-corrected chi connectivity index (χ3v) is 1.34. The quantitative estimate of drug-likeness (QED) is 0.463. The lowest BCUT2D eigenvalue weighted by Gasteiger charge is -2.05. The molecule has 0 aliphatic carbocycles. The fraction of sp³-hybridized carbons (Fsp3) is 0.600. The SMILES string of the molecule is CC=C(C)CNS(=O)[O-]. The second-order valence-electron chi connectivity index (χ2n) is 1.69. The molecule has 0 amide bonds. The molecular formula is C5H10NO2S-. The Hall–Kier alpha value is -0.190. The van der Waals surface area contributed by atoms with E-state index in [0.717, 1.165) is 5.57 Å². The Labute approximate surface area is 57.6 Å². The van der Waals surface area contributed by atoms with Gasteiger partial charge in [0.1, 0.15) is 0 Å². The molecular weight excluding hydrogens is 138 g/mol. The van der Waals surface area contributed by atoms with Crippen molar-refractivity contribution in [1.29, 1.82) is 0 Å². The number of allylic oxidation sites excluding steroid dienone is 1. The third kappa shape index (κ3) is 5.68. The van der Waals surface area contributed by atoms with E-state index in [2.05, 4.69) is 4.72 Å². The summed E-state index contributed by atoms with van der Waals surface area (Å²) in [5.41, 5.74) is 1.01. The first-order valence-corrected chi connectivity index (χ1v) is 3.69. The molecule has 0 saturated carbocycles. The van der Waals surface area contributed by atoms with Crippen LogP contribution in [-0.2, 0) is 11.3 Å². The van der Waals surface area contributed by atoms with Gasteiger partial charge in [-0.05, 0) is 13.8 Å². The van der Waals surface area contributed by atoms with Crippen LogP contribution in [0, 0.1) is 0 Å². The second-order valence-corrected chi connectivity index (χ2v) is 2.45. The standard InChI is InChI=1S/C5H11NO2S/c1-3-5(2)4-6-9(7)8/h3,6H,4H2,1-2H3,(H,7,8)/p-1. The lowest BCUT2D eigenvalue weighted by atomic mass is 10.3. The minimum absolute atomic E-state index is 0.409. The lowest BCUT2D eigenvalue weighted by Crippen LogP contribution is -2.18. The highest BCUT2D eigenvalue weighted by Crippen LogP contribution is 1.86. The summed E-state index contributed by atoms with van der Waals surface area (Å²) in [5, 5.41) is 0. The third-order valence-electron chi connectivity index (χ3n) is 0.962. The van der Waals surface area contributed by atoms with Crippen molar-refractivity contribution < 1.29 is 8.76 Å². The first-order chi connectivity index (χ1) is 4.16. The van der Waals surface area contributed by atoms with E-state index >= 15 is 0 Å². The van der Waals surface area contributed by atoms with E-state index in [1.54, 1.807) is 0 Å². The van der Waals surface area contributed by atoms with E-state index in [0.29, 0.717) is 6.54 Å². The van der Waals surface area contributed by atoms with Gasteiger partial charge >= 0.3 is 0 Å². The average molecular weight is 148 g/mol. The van der Waals surface area contributed by atoms with Gasteiger partial charge in [0.05, 0.1) is 0 Å². The van der Waals surface area contributed by atoms with E-state index in [-0.39, 0.29) is 0 Å². The number of hydrogen-bond donors (Lipinski definition) is 1. The van der Waals surface area contributed by atoms with Crippen LogP contribution >= 0.6 is 0 Å². The number of nitrogens with one attached hydrogen (secondary N) is 1. The van der Waals surface area contributed by atoms with Crippen LogP contribution in [0.2, 0.25) is 0 Å². The van der Waals surface area contributed by atoms with Crippen LogP contribution in [0.25, 0.3) is 0 Å². The first kappa shape index (κ1) is 8.81. The molecule has 0 aliphatic heterocycles. The molecule has 54 valence electrons. The summed E-state index contributed by atoms with van der Waals surface area (Å²) in [4.78, 5) is 0. The Morgan fingerprint density at radius 3 is 2.78 bits per heavy atom. The second kappa shape index (κ2) is 4.67. The zero-order chi connectivity index (χ0) is 7.28. The van der Waals surface area contributed by atoms with Gasteiger partial charge in [0.2, 0.25) is 0 Å². The molecule has 0 aromatic heterocycles.